The van der Waals surface area contributed by atoms with Gasteiger partial charge in [0, 0.05) is 11.2 Å². The highest BCUT2D eigenvalue weighted by atomic mass is 32.1. The Morgan fingerprint density at radius 2 is 2.11 bits per heavy atom. The van der Waals surface area contributed by atoms with Crippen molar-refractivity contribution in [2.45, 2.75) is 25.8 Å². The van der Waals surface area contributed by atoms with Crippen LogP contribution in [-0.2, 0) is 11.2 Å². The van der Waals surface area contributed by atoms with Crippen molar-refractivity contribution in [3.8, 4) is 0 Å². The van der Waals surface area contributed by atoms with Crippen molar-refractivity contribution < 1.29 is 9.90 Å². The number of hydrogen-bond acceptors (Lipinski definition) is 3. The van der Waals surface area contributed by atoms with Gasteiger partial charge in [-0.25, -0.2) is 0 Å². The summed E-state index contributed by atoms with van der Waals surface area (Å²) >= 11 is 1.73. The van der Waals surface area contributed by atoms with Gasteiger partial charge in [-0.2, -0.15) is 0 Å². The maximum Gasteiger partial charge on any atom is 0.323 e. The highest BCUT2D eigenvalue weighted by Gasteiger charge is 2.25. The molecule has 0 fully saturated rings. The summed E-state index contributed by atoms with van der Waals surface area (Å²) in [6.45, 7) is 4.03. The molecule has 96 valence electrons. The molecule has 0 saturated carbocycles. The fraction of sp³-hybridized carbons (Fsp3) is 0.357. The second kappa shape index (κ2) is 5.08. The van der Waals surface area contributed by atoms with Gasteiger partial charge in [0.25, 0.3) is 0 Å². The molecule has 0 saturated heterocycles. The zero-order valence-corrected chi connectivity index (χ0v) is 11.4. The van der Waals surface area contributed by atoms with Crippen LogP contribution in [0.5, 0.6) is 0 Å². The lowest BCUT2D eigenvalue weighted by atomic mass is 10.1. The Morgan fingerprint density at radius 1 is 1.39 bits per heavy atom. The van der Waals surface area contributed by atoms with E-state index in [0.29, 0.717) is 6.54 Å². The van der Waals surface area contributed by atoms with Crippen molar-refractivity contribution >= 4 is 27.4 Å². The van der Waals surface area contributed by atoms with Crippen molar-refractivity contribution in [3.63, 3.8) is 0 Å². The van der Waals surface area contributed by atoms with Crippen molar-refractivity contribution in [3.05, 3.63) is 35.2 Å². The molecule has 2 N–H and O–H groups in total. The summed E-state index contributed by atoms with van der Waals surface area (Å²) in [6, 6.07) is 8.29. The molecule has 0 amide bonds. The molecule has 0 aliphatic heterocycles. The van der Waals surface area contributed by atoms with Crippen molar-refractivity contribution in [2.24, 2.45) is 0 Å². The molecule has 18 heavy (non-hydrogen) atoms. The summed E-state index contributed by atoms with van der Waals surface area (Å²) in [7, 11) is 0. The first-order valence-corrected chi connectivity index (χ1v) is 6.82. The first-order valence-electron chi connectivity index (χ1n) is 5.94. The molecule has 0 aliphatic carbocycles. The van der Waals surface area contributed by atoms with E-state index in [0.717, 1.165) is 6.42 Å². The van der Waals surface area contributed by atoms with Crippen LogP contribution in [0.1, 0.15) is 19.4 Å². The molecule has 2 rings (SSSR count). The Balaban J connectivity index is 2.01. The SMILES string of the molecule is CC(C)(NCCc1csc2ccccc12)C(=O)O. The zero-order chi connectivity index (χ0) is 13.2. The van der Waals surface area contributed by atoms with E-state index in [9.17, 15) is 4.79 Å². The van der Waals surface area contributed by atoms with E-state index in [-0.39, 0.29) is 0 Å². The zero-order valence-electron chi connectivity index (χ0n) is 10.6. The summed E-state index contributed by atoms with van der Waals surface area (Å²) < 4.78 is 1.28. The van der Waals surface area contributed by atoms with Gasteiger partial charge in [0.05, 0.1) is 0 Å². The lowest BCUT2D eigenvalue weighted by Gasteiger charge is -2.20. The molecule has 0 atom stereocenters. The van der Waals surface area contributed by atoms with Gasteiger partial charge in [-0.1, -0.05) is 18.2 Å². The van der Waals surface area contributed by atoms with Crippen LogP contribution in [-0.4, -0.2) is 23.2 Å². The molecule has 0 aliphatic rings. The number of rotatable bonds is 5. The van der Waals surface area contributed by atoms with Crippen LogP contribution in [0.3, 0.4) is 0 Å². The average molecular weight is 263 g/mol. The molecule has 4 heteroatoms. The Kier molecular flexibility index (Phi) is 3.68. The van der Waals surface area contributed by atoms with Crippen molar-refractivity contribution in [1.29, 1.82) is 0 Å². The van der Waals surface area contributed by atoms with Crippen LogP contribution >= 0.6 is 11.3 Å². The van der Waals surface area contributed by atoms with Crippen LogP contribution in [0.25, 0.3) is 10.1 Å². The van der Waals surface area contributed by atoms with Gasteiger partial charge in [0.2, 0.25) is 0 Å². The molecule has 2 aromatic rings. The van der Waals surface area contributed by atoms with Gasteiger partial charge >= 0.3 is 5.97 Å². The van der Waals surface area contributed by atoms with Gasteiger partial charge in [-0.05, 0) is 42.7 Å². The summed E-state index contributed by atoms with van der Waals surface area (Å²) in [5, 5.41) is 15.5. The molecule has 0 unspecified atom stereocenters. The fourth-order valence-electron chi connectivity index (χ4n) is 1.81. The standard InChI is InChI=1S/C14H17NO2S/c1-14(2,13(16)17)15-8-7-10-9-18-12-6-4-3-5-11(10)12/h3-6,9,15H,7-8H2,1-2H3,(H,16,17). The number of aliphatic carboxylic acids is 1. The van der Waals surface area contributed by atoms with Crippen molar-refractivity contribution in [1.82, 2.24) is 5.32 Å². The van der Waals surface area contributed by atoms with E-state index >= 15 is 0 Å². The number of nitrogens with one attached hydrogen (secondary N) is 1. The van der Waals surface area contributed by atoms with Gasteiger partial charge in [0.15, 0.2) is 0 Å². The van der Waals surface area contributed by atoms with Gasteiger partial charge in [-0.3, -0.25) is 4.79 Å². The number of fused-ring (bicyclic) bond motifs is 1. The van der Waals surface area contributed by atoms with Crippen LogP contribution in [0.15, 0.2) is 29.6 Å². The number of carboxylic acid groups (broad SMARTS) is 1. The molecule has 0 spiro atoms. The Hall–Kier alpha value is -1.39. The second-order valence-electron chi connectivity index (χ2n) is 4.86. The van der Waals surface area contributed by atoms with E-state index in [2.05, 4.69) is 22.8 Å². The van der Waals surface area contributed by atoms with E-state index in [1.165, 1.54) is 15.6 Å². The number of carbonyl (C=O) groups is 1. The van der Waals surface area contributed by atoms with E-state index in [1.54, 1.807) is 25.2 Å². The third-order valence-corrected chi connectivity index (χ3v) is 4.07. The lowest BCUT2D eigenvalue weighted by molar-refractivity contribution is -0.143. The fourth-order valence-corrected chi connectivity index (χ4v) is 2.81. The number of benzene rings is 1. The van der Waals surface area contributed by atoms with Crippen molar-refractivity contribution in [2.75, 3.05) is 6.54 Å². The van der Waals surface area contributed by atoms with Crippen LogP contribution < -0.4 is 5.32 Å². The highest BCUT2D eigenvalue weighted by Crippen LogP contribution is 2.25. The normalized spacial score (nSPS) is 11.9. The quantitative estimate of drug-likeness (QED) is 0.872. The minimum Gasteiger partial charge on any atom is -0.480 e. The molecule has 1 heterocycles. The van der Waals surface area contributed by atoms with Gasteiger partial charge < -0.3 is 10.4 Å². The lowest BCUT2D eigenvalue weighted by Crippen LogP contribution is -2.47. The maximum absolute atomic E-state index is 11.0. The summed E-state index contributed by atoms with van der Waals surface area (Å²) in [5.74, 6) is -0.822. The molecule has 0 bridgehead atoms. The molecule has 1 aromatic heterocycles. The molecule has 3 nitrogen and oxygen atoms in total. The van der Waals surface area contributed by atoms with Crippen LogP contribution in [0.4, 0.5) is 0 Å². The minimum absolute atomic E-state index is 0.667. The van der Waals surface area contributed by atoms with Crippen LogP contribution in [0, 0.1) is 0 Å². The van der Waals surface area contributed by atoms with E-state index < -0.39 is 11.5 Å². The van der Waals surface area contributed by atoms with Gasteiger partial charge in [0.1, 0.15) is 5.54 Å². The third kappa shape index (κ3) is 2.71. The monoisotopic (exact) mass is 263 g/mol. The number of thiophene rings is 1. The Labute approximate surface area is 110 Å². The predicted molar refractivity (Wildman–Crippen MR) is 75.2 cm³/mol. The maximum atomic E-state index is 11.0. The highest BCUT2D eigenvalue weighted by molar-refractivity contribution is 7.17. The number of carboxylic acids is 1. The topological polar surface area (TPSA) is 49.3 Å². The molecular formula is C14H17NO2S. The third-order valence-electron chi connectivity index (χ3n) is 3.06. The van der Waals surface area contributed by atoms with Crippen LogP contribution in [0.2, 0.25) is 0 Å². The molecular weight excluding hydrogens is 246 g/mol. The van der Waals surface area contributed by atoms with E-state index in [4.69, 9.17) is 5.11 Å². The summed E-state index contributed by atoms with van der Waals surface area (Å²) in [5.41, 5.74) is 0.413. The van der Waals surface area contributed by atoms with E-state index in [1.807, 2.05) is 12.1 Å². The largest absolute Gasteiger partial charge is 0.480 e. The summed E-state index contributed by atoms with van der Waals surface area (Å²) in [4.78, 5) is 11.0. The smallest absolute Gasteiger partial charge is 0.323 e. The predicted octanol–water partition coefficient (Wildman–Crippen LogP) is 2.90. The first-order chi connectivity index (χ1) is 8.50. The van der Waals surface area contributed by atoms with Gasteiger partial charge in [-0.15, -0.1) is 11.3 Å². The molecule has 1 aromatic carbocycles. The Bertz CT molecular complexity index is 560. The Morgan fingerprint density at radius 3 is 2.83 bits per heavy atom. The average Bonchev–Trinajstić information content (AvgIpc) is 2.72. The second-order valence-corrected chi connectivity index (χ2v) is 5.78. The first kappa shape index (κ1) is 13.1. The number of hydrogen-bond donors (Lipinski definition) is 2. The molecule has 0 radical (unpaired) electrons. The minimum atomic E-state index is -0.869. The summed E-state index contributed by atoms with van der Waals surface area (Å²) in [6.07, 6.45) is 0.848.